The number of carboxylic acids is 1. The summed E-state index contributed by atoms with van der Waals surface area (Å²) in [4.78, 5) is 10.7. The van der Waals surface area contributed by atoms with Crippen molar-refractivity contribution < 1.29 is 27.8 Å². The zero-order valence-corrected chi connectivity index (χ0v) is 9.33. The number of halogens is 3. The molecular weight excluding hydrogens is 249 g/mol. The number of alkyl halides is 3. The maximum Gasteiger partial charge on any atom is 0.416 e. The lowest BCUT2D eigenvalue weighted by Crippen LogP contribution is -2.09. The minimum atomic E-state index is -4.61. The molecule has 0 aliphatic heterocycles. The second-order valence-corrected chi connectivity index (χ2v) is 3.47. The smallest absolute Gasteiger partial charge is 0.416 e. The SMILES string of the molecule is C=CCCOc1cc(C(=O)O)cc(C(F)(F)F)c1. The van der Waals surface area contributed by atoms with Crippen molar-refractivity contribution in [3.8, 4) is 5.75 Å². The molecule has 0 amide bonds. The fourth-order valence-corrected chi connectivity index (χ4v) is 1.23. The van der Waals surface area contributed by atoms with Crippen LogP contribution in [0, 0.1) is 0 Å². The van der Waals surface area contributed by atoms with Crippen LogP contribution in [0.4, 0.5) is 13.2 Å². The maximum atomic E-state index is 12.5. The largest absolute Gasteiger partial charge is 0.493 e. The average Bonchev–Trinajstić information content (AvgIpc) is 2.28. The number of carboxylic acid groups (broad SMARTS) is 1. The first-order valence-electron chi connectivity index (χ1n) is 5.04. The highest BCUT2D eigenvalue weighted by atomic mass is 19.4. The Balaban J connectivity index is 3.06. The highest BCUT2D eigenvalue weighted by molar-refractivity contribution is 5.88. The van der Waals surface area contributed by atoms with Crippen LogP contribution in [0.5, 0.6) is 5.75 Å². The van der Waals surface area contributed by atoms with Gasteiger partial charge in [-0.25, -0.2) is 4.79 Å². The van der Waals surface area contributed by atoms with Gasteiger partial charge in [-0.1, -0.05) is 6.08 Å². The van der Waals surface area contributed by atoms with E-state index >= 15 is 0 Å². The number of carbonyl (C=O) groups is 1. The van der Waals surface area contributed by atoms with Gasteiger partial charge in [-0.2, -0.15) is 13.2 Å². The van der Waals surface area contributed by atoms with Crippen molar-refractivity contribution in [2.24, 2.45) is 0 Å². The Morgan fingerprint density at radius 1 is 1.39 bits per heavy atom. The summed E-state index contributed by atoms with van der Waals surface area (Å²) in [6.45, 7) is 3.58. The third-order valence-electron chi connectivity index (χ3n) is 2.07. The van der Waals surface area contributed by atoms with E-state index in [2.05, 4.69) is 6.58 Å². The maximum absolute atomic E-state index is 12.5. The molecule has 0 bridgehead atoms. The Morgan fingerprint density at radius 3 is 2.56 bits per heavy atom. The lowest BCUT2D eigenvalue weighted by atomic mass is 10.1. The number of benzene rings is 1. The first kappa shape index (κ1) is 14.1. The van der Waals surface area contributed by atoms with E-state index in [0.29, 0.717) is 12.5 Å². The van der Waals surface area contributed by atoms with Crippen LogP contribution in [-0.2, 0) is 6.18 Å². The molecule has 0 aromatic heterocycles. The van der Waals surface area contributed by atoms with Crippen molar-refractivity contribution in [2.45, 2.75) is 12.6 Å². The molecule has 0 heterocycles. The van der Waals surface area contributed by atoms with Crippen molar-refractivity contribution in [3.63, 3.8) is 0 Å². The van der Waals surface area contributed by atoms with E-state index < -0.39 is 23.3 Å². The number of aromatic carboxylic acids is 1. The minimum Gasteiger partial charge on any atom is -0.493 e. The molecule has 0 spiro atoms. The first-order chi connectivity index (χ1) is 8.34. The molecule has 0 radical (unpaired) electrons. The quantitative estimate of drug-likeness (QED) is 0.652. The van der Waals surface area contributed by atoms with E-state index in [-0.39, 0.29) is 12.4 Å². The Hall–Kier alpha value is -1.98. The van der Waals surface area contributed by atoms with Crippen LogP contribution in [0.1, 0.15) is 22.3 Å². The van der Waals surface area contributed by atoms with Crippen LogP contribution in [0.3, 0.4) is 0 Å². The summed E-state index contributed by atoms with van der Waals surface area (Å²) in [5.41, 5.74) is -1.51. The summed E-state index contributed by atoms with van der Waals surface area (Å²) < 4.78 is 42.6. The molecule has 1 rings (SSSR count). The average molecular weight is 260 g/mol. The highest BCUT2D eigenvalue weighted by Crippen LogP contribution is 2.32. The van der Waals surface area contributed by atoms with E-state index in [9.17, 15) is 18.0 Å². The molecule has 0 saturated carbocycles. The summed E-state index contributed by atoms with van der Waals surface area (Å²) in [5, 5.41) is 8.73. The molecule has 1 aromatic carbocycles. The van der Waals surface area contributed by atoms with E-state index in [1.165, 1.54) is 0 Å². The summed E-state index contributed by atoms with van der Waals surface area (Å²) in [7, 11) is 0. The Bertz CT molecular complexity index is 452. The van der Waals surface area contributed by atoms with Crippen molar-refractivity contribution in [2.75, 3.05) is 6.61 Å². The van der Waals surface area contributed by atoms with Crippen LogP contribution in [0.25, 0.3) is 0 Å². The third-order valence-corrected chi connectivity index (χ3v) is 2.07. The number of hydrogen-bond acceptors (Lipinski definition) is 2. The van der Waals surface area contributed by atoms with E-state index in [4.69, 9.17) is 9.84 Å². The highest BCUT2D eigenvalue weighted by Gasteiger charge is 2.32. The second kappa shape index (κ2) is 5.57. The van der Waals surface area contributed by atoms with Gasteiger partial charge in [-0.3, -0.25) is 0 Å². The van der Waals surface area contributed by atoms with Gasteiger partial charge in [0, 0.05) is 0 Å². The molecule has 0 aliphatic rings. The van der Waals surface area contributed by atoms with Crippen LogP contribution >= 0.6 is 0 Å². The first-order valence-corrected chi connectivity index (χ1v) is 5.04. The number of hydrogen-bond donors (Lipinski definition) is 1. The standard InChI is InChI=1S/C12H11F3O3/c1-2-3-4-18-10-6-8(11(16)17)5-9(7-10)12(13,14)15/h2,5-7H,1,3-4H2,(H,16,17). The fraction of sp³-hybridized carbons (Fsp3) is 0.250. The predicted octanol–water partition coefficient (Wildman–Crippen LogP) is 3.36. The van der Waals surface area contributed by atoms with Gasteiger partial charge in [-0.05, 0) is 24.6 Å². The Morgan fingerprint density at radius 2 is 2.06 bits per heavy atom. The van der Waals surface area contributed by atoms with Gasteiger partial charge < -0.3 is 9.84 Å². The summed E-state index contributed by atoms with van der Waals surface area (Å²) >= 11 is 0. The van der Waals surface area contributed by atoms with Gasteiger partial charge in [0.1, 0.15) is 5.75 Å². The van der Waals surface area contributed by atoms with Gasteiger partial charge in [0.05, 0.1) is 17.7 Å². The lowest BCUT2D eigenvalue weighted by molar-refractivity contribution is -0.137. The van der Waals surface area contributed by atoms with E-state index in [1.807, 2.05) is 0 Å². The number of rotatable bonds is 5. The topological polar surface area (TPSA) is 46.5 Å². The minimum absolute atomic E-state index is 0.121. The number of ether oxygens (including phenoxy) is 1. The molecular formula is C12H11F3O3. The molecule has 1 aromatic rings. The van der Waals surface area contributed by atoms with Crippen LogP contribution in [0.15, 0.2) is 30.9 Å². The predicted molar refractivity (Wildman–Crippen MR) is 58.7 cm³/mol. The Kier molecular flexibility index (Phi) is 4.36. The van der Waals surface area contributed by atoms with Crippen molar-refractivity contribution in [3.05, 3.63) is 42.0 Å². The van der Waals surface area contributed by atoms with Gasteiger partial charge in [0.15, 0.2) is 0 Å². The van der Waals surface area contributed by atoms with Gasteiger partial charge in [-0.15, -0.1) is 6.58 Å². The summed E-state index contributed by atoms with van der Waals surface area (Å²) in [5.74, 6) is -1.56. The normalized spacial score (nSPS) is 11.1. The lowest BCUT2D eigenvalue weighted by Gasteiger charge is -2.11. The molecule has 0 unspecified atom stereocenters. The fourth-order valence-electron chi connectivity index (χ4n) is 1.23. The van der Waals surface area contributed by atoms with Crippen LogP contribution < -0.4 is 4.74 Å². The van der Waals surface area contributed by atoms with Crippen molar-refractivity contribution >= 4 is 5.97 Å². The monoisotopic (exact) mass is 260 g/mol. The van der Waals surface area contributed by atoms with Gasteiger partial charge in [0.25, 0.3) is 0 Å². The molecule has 18 heavy (non-hydrogen) atoms. The summed E-state index contributed by atoms with van der Waals surface area (Å²) in [6.07, 6.45) is -2.60. The summed E-state index contributed by atoms with van der Waals surface area (Å²) in [6, 6.07) is 2.40. The van der Waals surface area contributed by atoms with Crippen LogP contribution in [0.2, 0.25) is 0 Å². The molecule has 0 atom stereocenters. The molecule has 0 aliphatic carbocycles. The van der Waals surface area contributed by atoms with Gasteiger partial charge >= 0.3 is 12.1 Å². The van der Waals surface area contributed by atoms with E-state index in [1.54, 1.807) is 6.08 Å². The zero-order chi connectivity index (χ0) is 13.8. The Labute approximate surface area is 101 Å². The zero-order valence-electron chi connectivity index (χ0n) is 9.33. The third kappa shape index (κ3) is 3.80. The molecule has 0 saturated heterocycles. The molecule has 98 valence electrons. The van der Waals surface area contributed by atoms with Crippen molar-refractivity contribution in [1.82, 2.24) is 0 Å². The van der Waals surface area contributed by atoms with Crippen LogP contribution in [-0.4, -0.2) is 17.7 Å². The second-order valence-electron chi connectivity index (χ2n) is 3.47. The van der Waals surface area contributed by atoms with Gasteiger partial charge in [0.2, 0.25) is 0 Å². The molecule has 6 heteroatoms. The molecule has 0 fully saturated rings. The molecule has 1 N–H and O–H groups in total. The van der Waals surface area contributed by atoms with Crippen molar-refractivity contribution in [1.29, 1.82) is 0 Å². The van der Waals surface area contributed by atoms with E-state index in [0.717, 1.165) is 12.1 Å². The molecule has 3 nitrogen and oxygen atoms in total.